The molecule has 0 saturated carbocycles. The van der Waals surface area contributed by atoms with Crippen molar-refractivity contribution >= 4 is 35.4 Å². The fourth-order valence-electron chi connectivity index (χ4n) is 2.74. The number of nitrogens with zero attached hydrogens (tertiary/aromatic N) is 1. The standard InChI is InChI=1S/C23H27Cl2NO5/c1-6-14(3)18-12-17(8-9-21(18)28-5)30-22-19(24)10-16(11-20(22)25)13-26-31-15(4)23(27)29-7-2/h8-15H,6-7H2,1-5H3/b26-13-. The highest BCUT2D eigenvalue weighted by Gasteiger charge is 2.16. The number of ether oxygens (including phenoxy) is 3. The van der Waals surface area contributed by atoms with E-state index >= 15 is 0 Å². The molecule has 168 valence electrons. The molecule has 2 unspecified atom stereocenters. The average Bonchev–Trinajstić information content (AvgIpc) is 2.75. The Morgan fingerprint density at radius 3 is 2.39 bits per heavy atom. The van der Waals surface area contributed by atoms with E-state index in [2.05, 4.69) is 19.0 Å². The van der Waals surface area contributed by atoms with Gasteiger partial charge in [0.05, 0.1) is 30.0 Å². The van der Waals surface area contributed by atoms with Crippen LogP contribution in [0.2, 0.25) is 10.0 Å². The average molecular weight is 468 g/mol. The molecule has 0 aliphatic heterocycles. The van der Waals surface area contributed by atoms with Gasteiger partial charge in [-0.3, -0.25) is 0 Å². The second-order valence-electron chi connectivity index (χ2n) is 6.86. The van der Waals surface area contributed by atoms with Crippen LogP contribution in [0.1, 0.15) is 51.2 Å². The quantitative estimate of drug-likeness (QED) is 0.223. The number of methoxy groups -OCH3 is 1. The maximum atomic E-state index is 11.5. The lowest BCUT2D eigenvalue weighted by atomic mass is 9.97. The fraction of sp³-hybridized carbons (Fsp3) is 0.391. The largest absolute Gasteiger partial charge is 0.496 e. The summed E-state index contributed by atoms with van der Waals surface area (Å²) in [6.45, 7) is 7.78. The van der Waals surface area contributed by atoms with E-state index in [1.165, 1.54) is 6.21 Å². The van der Waals surface area contributed by atoms with Gasteiger partial charge in [-0.1, -0.05) is 42.2 Å². The van der Waals surface area contributed by atoms with Gasteiger partial charge in [0.2, 0.25) is 6.10 Å². The van der Waals surface area contributed by atoms with Crippen LogP contribution in [0.5, 0.6) is 17.2 Å². The lowest BCUT2D eigenvalue weighted by Gasteiger charge is -2.17. The Balaban J connectivity index is 2.18. The Labute approximate surface area is 193 Å². The SMILES string of the molecule is CCOC(=O)C(C)O/N=C\c1cc(Cl)c(Oc2ccc(OC)c(C(C)CC)c2)c(Cl)c1. The first-order chi connectivity index (χ1) is 14.8. The van der Waals surface area contributed by atoms with Crippen LogP contribution < -0.4 is 9.47 Å². The second-order valence-corrected chi connectivity index (χ2v) is 7.68. The Morgan fingerprint density at radius 1 is 1.13 bits per heavy atom. The maximum absolute atomic E-state index is 11.5. The minimum Gasteiger partial charge on any atom is -0.496 e. The number of esters is 1. The van der Waals surface area contributed by atoms with Crippen molar-refractivity contribution in [2.24, 2.45) is 5.16 Å². The van der Waals surface area contributed by atoms with Gasteiger partial charge in [0.1, 0.15) is 11.5 Å². The Kier molecular flexibility index (Phi) is 9.46. The molecule has 0 aromatic heterocycles. The zero-order valence-electron chi connectivity index (χ0n) is 18.3. The van der Waals surface area contributed by atoms with Gasteiger partial charge < -0.3 is 19.0 Å². The molecule has 2 atom stereocenters. The molecule has 0 spiro atoms. The molecule has 0 fully saturated rings. The van der Waals surface area contributed by atoms with Gasteiger partial charge >= 0.3 is 5.97 Å². The molecule has 0 N–H and O–H groups in total. The van der Waals surface area contributed by atoms with Crippen LogP contribution in [-0.2, 0) is 14.4 Å². The van der Waals surface area contributed by atoms with Crippen LogP contribution in [0.3, 0.4) is 0 Å². The zero-order chi connectivity index (χ0) is 23.0. The molecule has 0 radical (unpaired) electrons. The van der Waals surface area contributed by atoms with Crippen molar-refractivity contribution in [1.29, 1.82) is 0 Å². The molecule has 0 bridgehead atoms. The molecule has 6 nitrogen and oxygen atoms in total. The summed E-state index contributed by atoms with van der Waals surface area (Å²) in [5, 5.41) is 4.43. The summed E-state index contributed by atoms with van der Waals surface area (Å²) in [5.74, 6) is 1.56. The summed E-state index contributed by atoms with van der Waals surface area (Å²) in [6.07, 6.45) is 1.55. The Bertz CT molecular complexity index is 909. The Hall–Kier alpha value is -2.44. The molecule has 0 aliphatic rings. The summed E-state index contributed by atoms with van der Waals surface area (Å²) in [7, 11) is 1.65. The van der Waals surface area contributed by atoms with Crippen molar-refractivity contribution in [3.63, 3.8) is 0 Å². The van der Waals surface area contributed by atoms with E-state index in [4.69, 9.17) is 42.3 Å². The van der Waals surface area contributed by atoms with E-state index in [1.54, 1.807) is 39.2 Å². The smallest absolute Gasteiger partial charge is 0.349 e. The number of rotatable bonds is 10. The highest BCUT2D eigenvalue weighted by atomic mass is 35.5. The van der Waals surface area contributed by atoms with Gasteiger partial charge in [-0.05, 0) is 62.1 Å². The number of benzene rings is 2. The van der Waals surface area contributed by atoms with Crippen molar-refractivity contribution in [3.8, 4) is 17.2 Å². The first-order valence-electron chi connectivity index (χ1n) is 10.0. The fourth-order valence-corrected chi connectivity index (χ4v) is 3.32. The van der Waals surface area contributed by atoms with E-state index in [0.717, 1.165) is 17.7 Å². The third kappa shape index (κ3) is 6.77. The van der Waals surface area contributed by atoms with Crippen LogP contribution in [0.25, 0.3) is 0 Å². The zero-order valence-corrected chi connectivity index (χ0v) is 19.8. The summed E-state index contributed by atoms with van der Waals surface area (Å²) < 4.78 is 16.3. The van der Waals surface area contributed by atoms with E-state index in [0.29, 0.717) is 33.0 Å². The minimum atomic E-state index is -0.820. The number of halogens is 2. The van der Waals surface area contributed by atoms with Gasteiger partial charge in [-0.25, -0.2) is 4.79 Å². The molecule has 8 heteroatoms. The van der Waals surface area contributed by atoms with Crippen molar-refractivity contribution < 1.29 is 23.8 Å². The molecule has 0 heterocycles. The third-order valence-electron chi connectivity index (χ3n) is 4.62. The van der Waals surface area contributed by atoms with Crippen molar-refractivity contribution in [2.45, 2.75) is 46.1 Å². The number of carbonyl (C=O) groups is 1. The van der Waals surface area contributed by atoms with E-state index in [1.807, 2.05) is 12.1 Å². The summed E-state index contributed by atoms with van der Waals surface area (Å²) in [5.41, 5.74) is 1.64. The summed E-state index contributed by atoms with van der Waals surface area (Å²) >= 11 is 12.8. The Morgan fingerprint density at radius 2 is 1.81 bits per heavy atom. The van der Waals surface area contributed by atoms with Crippen molar-refractivity contribution in [1.82, 2.24) is 0 Å². The van der Waals surface area contributed by atoms with Gasteiger partial charge in [-0.15, -0.1) is 0 Å². The monoisotopic (exact) mass is 467 g/mol. The van der Waals surface area contributed by atoms with Crippen molar-refractivity contribution in [3.05, 3.63) is 51.5 Å². The number of hydrogen-bond donors (Lipinski definition) is 0. The van der Waals surface area contributed by atoms with Gasteiger partial charge in [-0.2, -0.15) is 0 Å². The molecular formula is C23H27Cl2NO5. The number of oxime groups is 1. The van der Waals surface area contributed by atoms with E-state index in [-0.39, 0.29) is 6.61 Å². The normalized spacial score (nSPS) is 13.0. The first kappa shape index (κ1) is 24.8. The van der Waals surface area contributed by atoms with Gasteiger partial charge in [0.25, 0.3) is 0 Å². The highest BCUT2D eigenvalue weighted by molar-refractivity contribution is 6.37. The van der Waals surface area contributed by atoms with Crippen LogP contribution in [0, 0.1) is 0 Å². The third-order valence-corrected chi connectivity index (χ3v) is 5.19. The predicted octanol–water partition coefficient (Wildman–Crippen LogP) is 6.61. The molecule has 0 amide bonds. The molecule has 0 aliphatic carbocycles. The molecule has 2 aromatic rings. The van der Waals surface area contributed by atoms with Crippen molar-refractivity contribution in [2.75, 3.05) is 13.7 Å². The first-order valence-corrected chi connectivity index (χ1v) is 10.8. The minimum absolute atomic E-state index is 0.274. The summed E-state index contributed by atoms with van der Waals surface area (Å²) in [6, 6.07) is 8.88. The highest BCUT2D eigenvalue weighted by Crippen LogP contribution is 2.39. The number of carbonyl (C=O) groups excluding carboxylic acids is 1. The number of hydrogen-bond acceptors (Lipinski definition) is 6. The second kappa shape index (κ2) is 11.8. The van der Waals surface area contributed by atoms with Crippen LogP contribution in [-0.4, -0.2) is 32.0 Å². The van der Waals surface area contributed by atoms with Crippen LogP contribution >= 0.6 is 23.2 Å². The lowest BCUT2D eigenvalue weighted by molar-refractivity contribution is -0.155. The molecule has 2 rings (SSSR count). The lowest BCUT2D eigenvalue weighted by Crippen LogP contribution is -2.21. The molecule has 2 aromatic carbocycles. The molecule has 31 heavy (non-hydrogen) atoms. The van der Waals surface area contributed by atoms with Crippen LogP contribution in [0.4, 0.5) is 0 Å². The van der Waals surface area contributed by atoms with E-state index in [9.17, 15) is 4.79 Å². The van der Waals surface area contributed by atoms with E-state index < -0.39 is 12.1 Å². The maximum Gasteiger partial charge on any atom is 0.349 e. The van der Waals surface area contributed by atoms with Gasteiger partial charge in [0.15, 0.2) is 5.75 Å². The summed E-state index contributed by atoms with van der Waals surface area (Å²) in [4.78, 5) is 16.6. The molecule has 0 saturated heterocycles. The molecular weight excluding hydrogens is 441 g/mol. The predicted molar refractivity (Wildman–Crippen MR) is 123 cm³/mol. The van der Waals surface area contributed by atoms with Gasteiger partial charge in [0, 0.05) is 5.56 Å². The topological polar surface area (TPSA) is 66.4 Å². The van der Waals surface area contributed by atoms with Crippen LogP contribution in [0.15, 0.2) is 35.5 Å².